The molecule has 2 aromatic rings. The van der Waals surface area contributed by atoms with E-state index in [0.29, 0.717) is 0 Å². The third-order valence-electron chi connectivity index (χ3n) is 6.94. The Morgan fingerprint density at radius 2 is 1.77 bits per heavy atom. The molecule has 0 saturated heterocycles. The van der Waals surface area contributed by atoms with Crippen molar-refractivity contribution in [1.29, 1.82) is 0 Å². The summed E-state index contributed by atoms with van der Waals surface area (Å²) in [6.07, 6.45) is 14.1. The van der Waals surface area contributed by atoms with Gasteiger partial charge in [0.15, 0.2) is 5.78 Å². The molecule has 180 valence electrons. The number of Topliss-reactive ketones (excluding diaryl/α,β-unsaturated/α-hetero) is 1. The van der Waals surface area contributed by atoms with E-state index in [1.165, 1.54) is 6.08 Å². The van der Waals surface area contributed by atoms with Crippen molar-refractivity contribution in [1.82, 2.24) is 0 Å². The molecule has 2 aliphatic carbocycles. The van der Waals surface area contributed by atoms with E-state index in [0.717, 1.165) is 23.3 Å². The number of methoxy groups -OCH3 is 1. The van der Waals surface area contributed by atoms with E-state index in [9.17, 15) is 14.7 Å². The van der Waals surface area contributed by atoms with Gasteiger partial charge in [0, 0.05) is 18.4 Å². The maximum absolute atomic E-state index is 13.4. The molecule has 35 heavy (non-hydrogen) atoms. The molecular weight excluding hydrogens is 438 g/mol. The monoisotopic (exact) mass is 469 g/mol. The second-order valence-corrected chi connectivity index (χ2v) is 9.13. The molecule has 1 saturated carbocycles. The highest BCUT2D eigenvalue weighted by molar-refractivity contribution is 6.10. The van der Waals surface area contributed by atoms with Crippen molar-refractivity contribution in [3.8, 4) is 5.75 Å². The van der Waals surface area contributed by atoms with Crippen molar-refractivity contribution in [3.05, 3.63) is 102 Å². The van der Waals surface area contributed by atoms with Crippen LogP contribution >= 0.6 is 0 Å². The Kier molecular flexibility index (Phi) is 7.78. The van der Waals surface area contributed by atoms with E-state index in [1.807, 2.05) is 54.6 Å². The van der Waals surface area contributed by atoms with E-state index >= 15 is 0 Å². The summed E-state index contributed by atoms with van der Waals surface area (Å²) >= 11 is 0. The summed E-state index contributed by atoms with van der Waals surface area (Å²) in [6, 6.07) is 16.0. The highest BCUT2D eigenvalue weighted by Gasteiger charge is 2.46. The van der Waals surface area contributed by atoms with Crippen LogP contribution in [0.3, 0.4) is 0 Å². The van der Waals surface area contributed by atoms with Crippen LogP contribution in [0.15, 0.2) is 90.7 Å². The fraction of sp³-hybridized carbons (Fsp3) is 0.267. The number of ketones is 2. The smallest absolute Gasteiger partial charge is 0.166 e. The van der Waals surface area contributed by atoms with Crippen molar-refractivity contribution in [2.75, 3.05) is 7.11 Å². The summed E-state index contributed by atoms with van der Waals surface area (Å²) in [5, 5.41) is 9.48. The number of carbonyl (C=O) groups is 2. The Balaban J connectivity index is 1.60. The predicted molar refractivity (Wildman–Crippen MR) is 138 cm³/mol. The zero-order valence-corrected chi connectivity index (χ0v) is 19.8. The van der Waals surface area contributed by atoms with Crippen LogP contribution < -0.4 is 5.73 Å². The van der Waals surface area contributed by atoms with Gasteiger partial charge in [-0.25, -0.2) is 0 Å². The number of phenols is 1. The zero-order valence-electron chi connectivity index (χ0n) is 19.8. The maximum atomic E-state index is 13.4. The molecule has 2 unspecified atom stereocenters. The van der Waals surface area contributed by atoms with Crippen molar-refractivity contribution >= 4 is 23.7 Å². The molecule has 0 amide bonds. The maximum Gasteiger partial charge on any atom is 0.166 e. The minimum absolute atomic E-state index is 0.0658. The molecule has 0 aliphatic heterocycles. The highest BCUT2D eigenvalue weighted by atomic mass is 16.5. The molecule has 2 aliphatic rings. The first-order valence-electron chi connectivity index (χ1n) is 11.9. The summed E-state index contributed by atoms with van der Waals surface area (Å²) in [5.41, 5.74) is 8.57. The van der Waals surface area contributed by atoms with E-state index in [1.54, 1.807) is 37.5 Å². The van der Waals surface area contributed by atoms with Gasteiger partial charge in [-0.05, 0) is 59.7 Å². The predicted octanol–water partition coefficient (Wildman–Crippen LogP) is 4.94. The number of aromatic hydroxyl groups is 1. The molecular formula is C30H31NO4. The average molecular weight is 470 g/mol. The highest BCUT2D eigenvalue weighted by Crippen LogP contribution is 2.39. The normalized spacial score (nSPS) is 26.7. The molecule has 0 spiro atoms. The number of phenolic OH excluding ortho intramolecular Hbond substituents is 1. The summed E-state index contributed by atoms with van der Waals surface area (Å²) < 4.78 is 5.30. The van der Waals surface area contributed by atoms with Crippen LogP contribution in [0.4, 0.5) is 0 Å². The van der Waals surface area contributed by atoms with Crippen molar-refractivity contribution in [2.45, 2.75) is 18.9 Å². The third-order valence-corrected chi connectivity index (χ3v) is 6.94. The van der Waals surface area contributed by atoms with Gasteiger partial charge in [-0.15, -0.1) is 0 Å². The number of benzene rings is 2. The molecule has 3 N–H and O–H groups in total. The Labute approximate surface area is 206 Å². The molecule has 2 aromatic carbocycles. The second kappa shape index (κ2) is 11.2. The quantitative estimate of drug-likeness (QED) is 0.443. The topological polar surface area (TPSA) is 89.6 Å². The molecule has 4 rings (SSSR count). The number of carbonyl (C=O) groups excluding carboxylic acids is 2. The minimum atomic E-state index is -0.827. The standard InChI is InChI=1S/C30H31NO4/c1-35-24-15-11-22(12-16-24)26-19-28(34)29(27(33)18-10-21-7-13-23(32)14-8-21)25(30(26)31)17-9-20-5-3-2-4-6-20/h2-11,13-18,22,25-26,29-30,32H,12,19,31H2,1H3/b17-9+,18-10+/t22?,25-,26+,29?,30+/m0/s1. The fourth-order valence-corrected chi connectivity index (χ4v) is 4.98. The summed E-state index contributed by atoms with van der Waals surface area (Å²) in [4.78, 5) is 26.7. The molecule has 0 heterocycles. The number of ether oxygens (including phenoxy) is 1. The lowest BCUT2D eigenvalue weighted by molar-refractivity contribution is -0.136. The van der Waals surface area contributed by atoms with E-state index in [4.69, 9.17) is 10.5 Å². The largest absolute Gasteiger partial charge is 0.508 e. The van der Waals surface area contributed by atoms with Crippen molar-refractivity contribution in [2.24, 2.45) is 29.4 Å². The van der Waals surface area contributed by atoms with Crippen LogP contribution in [0, 0.1) is 23.7 Å². The zero-order chi connectivity index (χ0) is 24.8. The van der Waals surface area contributed by atoms with Crippen molar-refractivity contribution < 1.29 is 19.4 Å². The number of allylic oxidation sites excluding steroid dienone is 4. The van der Waals surface area contributed by atoms with Gasteiger partial charge in [-0.2, -0.15) is 0 Å². The lowest BCUT2D eigenvalue weighted by Crippen LogP contribution is -2.52. The van der Waals surface area contributed by atoms with Gasteiger partial charge < -0.3 is 15.6 Å². The van der Waals surface area contributed by atoms with Crippen LogP contribution in [0.5, 0.6) is 5.75 Å². The van der Waals surface area contributed by atoms with E-state index < -0.39 is 11.8 Å². The average Bonchev–Trinajstić information content (AvgIpc) is 2.89. The molecule has 0 aromatic heterocycles. The molecule has 1 fully saturated rings. The van der Waals surface area contributed by atoms with Crippen LogP contribution in [0.1, 0.15) is 24.0 Å². The summed E-state index contributed by atoms with van der Waals surface area (Å²) in [5.74, 6) is -0.553. The first-order chi connectivity index (χ1) is 17.0. The van der Waals surface area contributed by atoms with Gasteiger partial charge >= 0.3 is 0 Å². The van der Waals surface area contributed by atoms with E-state index in [-0.39, 0.29) is 41.6 Å². The first kappa shape index (κ1) is 24.4. The Morgan fingerprint density at radius 3 is 2.43 bits per heavy atom. The molecule has 0 radical (unpaired) electrons. The van der Waals surface area contributed by atoms with Gasteiger partial charge in [0.2, 0.25) is 0 Å². The Hall–Kier alpha value is -3.70. The third kappa shape index (κ3) is 5.87. The Morgan fingerprint density at radius 1 is 1.06 bits per heavy atom. The first-order valence-corrected chi connectivity index (χ1v) is 11.9. The SMILES string of the molecule is COC1=CCC([C@H]2CC(=O)C(C(=O)/C=C/c3ccc(O)cc3)[C@H](/C=C/c3ccccc3)[C@H]2N)C=C1. The summed E-state index contributed by atoms with van der Waals surface area (Å²) in [7, 11) is 1.64. The number of hydrogen-bond donors (Lipinski definition) is 2. The minimum Gasteiger partial charge on any atom is -0.508 e. The van der Waals surface area contributed by atoms with Crippen LogP contribution in [-0.2, 0) is 14.3 Å². The molecule has 5 atom stereocenters. The van der Waals surface area contributed by atoms with E-state index in [2.05, 4.69) is 6.08 Å². The van der Waals surface area contributed by atoms with Gasteiger partial charge in [0.05, 0.1) is 13.0 Å². The lowest BCUT2D eigenvalue weighted by Gasteiger charge is -2.41. The molecule has 5 heteroatoms. The lowest BCUT2D eigenvalue weighted by atomic mass is 9.64. The van der Waals surface area contributed by atoms with Crippen molar-refractivity contribution in [3.63, 3.8) is 0 Å². The molecule has 0 bridgehead atoms. The molecule has 5 nitrogen and oxygen atoms in total. The van der Waals surface area contributed by atoms with Gasteiger partial charge in [0.1, 0.15) is 17.3 Å². The van der Waals surface area contributed by atoms with Crippen LogP contribution in [0.2, 0.25) is 0 Å². The number of hydrogen-bond acceptors (Lipinski definition) is 5. The number of rotatable bonds is 7. The van der Waals surface area contributed by atoms with Gasteiger partial charge in [-0.1, -0.05) is 66.8 Å². The van der Waals surface area contributed by atoms with Gasteiger partial charge in [0.25, 0.3) is 0 Å². The van der Waals surface area contributed by atoms with Crippen LogP contribution in [-0.4, -0.2) is 29.8 Å². The number of nitrogens with two attached hydrogens (primary N) is 1. The Bertz CT molecular complexity index is 1160. The summed E-state index contributed by atoms with van der Waals surface area (Å²) in [6.45, 7) is 0. The fourth-order valence-electron chi connectivity index (χ4n) is 4.98. The van der Waals surface area contributed by atoms with Crippen LogP contribution in [0.25, 0.3) is 12.2 Å². The van der Waals surface area contributed by atoms with Gasteiger partial charge in [-0.3, -0.25) is 9.59 Å². The second-order valence-electron chi connectivity index (χ2n) is 9.13.